The van der Waals surface area contributed by atoms with Crippen molar-refractivity contribution in [2.75, 3.05) is 0 Å². The molecule has 1 radical (unpaired) electrons. The predicted molar refractivity (Wildman–Crippen MR) is 58.3 cm³/mol. The molecule has 0 aliphatic carbocycles. The second-order valence-corrected chi connectivity index (χ2v) is 3.32. The van der Waals surface area contributed by atoms with Crippen molar-refractivity contribution in [1.82, 2.24) is 0 Å². The predicted octanol–water partition coefficient (Wildman–Crippen LogP) is 2.32. The monoisotopic (exact) mass is 191 g/mol. The minimum atomic E-state index is 0.673. The smallest absolute Gasteiger partial charge is 0.537 e. The van der Waals surface area contributed by atoms with Gasteiger partial charge in [0.2, 0.25) is 0 Å². The summed E-state index contributed by atoms with van der Waals surface area (Å²) >= 11 is 0. The summed E-state index contributed by atoms with van der Waals surface area (Å²) in [7, 11) is 0.700. The van der Waals surface area contributed by atoms with Gasteiger partial charge in [0.1, 0.15) is 0 Å². The van der Waals surface area contributed by atoms with Crippen molar-refractivity contribution in [1.29, 1.82) is 0 Å². The number of benzene rings is 1. The lowest BCUT2D eigenvalue weighted by Gasteiger charge is -2.03. The van der Waals surface area contributed by atoms with E-state index in [1.807, 2.05) is 24.3 Å². The average Bonchev–Trinajstić information content (AvgIpc) is 2.21. The van der Waals surface area contributed by atoms with Gasteiger partial charge in [0.15, 0.2) is 0 Å². The van der Waals surface area contributed by atoms with Gasteiger partial charge in [-0.3, -0.25) is 0 Å². The van der Waals surface area contributed by atoms with Gasteiger partial charge >= 0.3 is 7.69 Å². The SMILES string of the molecule is CCCCCc1ccc(O[B]O)cc1. The van der Waals surface area contributed by atoms with E-state index in [9.17, 15) is 0 Å². The highest BCUT2D eigenvalue weighted by Crippen LogP contribution is 2.13. The third-order valence-electron chi connectivity index (χ3n) is 2.18. The van der Waals surface area contributed by atoms with E-state index >= 15 is 0 Å². The summed E-state index contributed by atoms with van der Waals surface area (Å²) in [6.45, 7) is 2.20. The van der Waals surface area contributed by atoms with Crippen LogP contribution in [0.4, 0.5) is 0 Å². The van der Waals surface area contributed by atoms with Gasteiger partial charge in [0, 0.05) is 0 Å². The van der Waals surface area contributed by atoms with Gasteiger partial charge in [-0.2, -0.15) is 0 Å². The first-order valence-corrected chi connectivity index (χ1v) is 5.08. The van der Waals surface area contributed by atoms with Crippen LogP contribution in [0.25, 0.3) is 0 Å². The molecule has 0 saturated heterocycles. The van der Waals surface area contributed by atoms with Gasteiger partial charge in [-0.25, -0.2) is 0 Å². The number of unbranched alkanes of at least 4 members (excludes halogenated alkanes) is 2. The Hall–Kier alpha value is -0.955. The van der Waals surface area contributed by atoms with E-state index in [1.165, 1.54) is 24.8 Å². The molecule has 2 nitrogen and oxygen atoms in total. The molecule has 1 N–H and O–H groups in total. The Labute approximate surface area is 86.2 Å². The highest BCUT2D eigenvalue weighted by Gasteiger charge is 1.95. The molecule has 0 atom stereocenters. The van der Waals surface area contributed by atoms with Gasteiger partial charge in [0.05, 0.1) is 5.75 Å². The molecule has 0 saturated carbocycles. The number of rotatable bonds is 6. The van der Waals surface area contributed by atoms with Crippen molar-refractivity contribution in [3.63, 3.8) is 0 Å². The van der Waals surface area contributed by atoms with Crippen molar-refractivity contribution in [3.8, 4) is 5.75 Å². The van der Waals surface area contributed by atoms with Crippen LogP contribution in [-0.4, -0.2) is 12.7 Å². The van der Waals surface area contributed by atoms with Gasteiger partial charge in [-0.1, -0.05) is 31.9 Å². The largest absolute Gasteiger partial charge is 0.569 e. The first-order valence-electron chi connectivity index (χ1n) is 5.08. The Balaban J connectivity index is 2.38. The second kappa shape index (κ2) is 6.49. The Kier molecular flexibility index (Phi) is 5.16. The molecule has 75 valence electrons. The first kappa shape index (κ1) is 11.1. The highest BCUT2D eigenvalue weighted by molar-refractivity contribution is 6.17. The fourth-order valence-corrected chi connectivity index (χ4v) is 1.37. The summed E-state index contributed by atoms with van der Waals surface area (Å²) < 4.78 is 4.82. The van der Waals surface area contributed by atoms with E-state index in [1.54, 1.807) is 0 Å². The molecule has 1 aromatic rings. The zero-order chi connectivity index (χ0) is 10.2. The van der Waals surface area contributed by atoms with Crippen LogP contribution in [0.5, 0.6) is 5.75 Å². The lowest BCUT2D eigenvalue weighted by Crippen LogP contribution is -1.99. The normalized spacial score (nSPS) is 9.86. The molecule has 0 fully saturated rings. The molecule has 1 rings (SSSR count). The molecule has 14 heavy (non-hydrogen) atoms. The second-order valence-electron chi connectivity index (χ2n) is 3.32. The standard InChI is InChI=1S/C11H16BO2/c1-2-3-4-5-10-6-8-11(9-7-10)14-12-13/h6-9,13H,2-5H2,1H3. The molecule has 0 aromatic heterocycles. The highest BCUT2D eigenvalue weighted by atomic mass is 16.5. The van der Waals surface area contributed by atoms with Crippen molar-refractivity contribution in [3.05, 3.63) is 29.8 Å². The molecule has 0 aliphatic rings. The third kappa shape index (κ3) is 3.84. The molecule has 3 heteroatoms. The van der Waals surface area contributed by atoms with Crippen molar-refractivity contribution in [2.24, 2.45) is 0 Å². The molecule has 0 spiro atoms. The number of hydrogen-bond donors (Lipinski definition) is 1. The number of aryl methyl sites for hydroxylation is 1. The van der Waals surface area contributed by atoms with Crippen LogP contribution in [0.15, 0.2) is 24.3 Å². The molecule has 0 aliphatic heterocycles. The minimum Gasteiger partial charge on any atom is -0.537 e. The third-order valence-corrected chi connectivity index (χ3v) is 2.18. The van der Waals surface area contributed by atoms with Gasteiger partial charge in [-0.05, 0) is 30.5 Å². The molecular formula is C11H16BO2. The van der Waals surface area contributed by atoms with Crippen LogP contribution in [0, 0.1) is 0 Å². The first-order chi connectivity index (χ1) is 6.86. The fraction of sp³-hybridized carbons (Fsp3) is 0.455. The van der Waals surface area contributed by atoms with Gasteiger partial charge in [0.25, 0.3) is 0 Å². The Bertz CT molecular complexity index is 246. The molecule has 0 unspecified atom stereocenters. The molecule has 0 heterocycles. The summed E-state index contributed by atoms with van der Waals surface area (Å²) in [6.07, 6.45) is 4.89. The van der Waals surface area contributed by atoms with E-state index in [4.69, 9.17) is 9.68 Å². The molecule has 0 amide bonds. The van der Waals surface area contributed by atoms with Gasteiger partial charge < -0.3 is 9.68 Å². The summed E-state index contributed by atoms with van der Waals surface area (Å²) in [5.41, 5.74) is 1.32. The Morgan fingerprint density at radius 1 is 1.21 bits per heavy atom. The van der Waals surface area contributed by atoms with E-state index in [-0.39, 0.29) is 0 Å². The maximum atomic E-state index is 8.42. The summed E-state index contributed by atoms with van der Waals surface area (Å²) in [5.74, 6) is 0.673. The van der Waals surface area contributed by atoms with Crippen molar-refractivity contribution in [2.45, 2.75) is 32.6 Å². The maximum absolute atomic E-state index is 8.42. The quantitative estimate of drug-likeness (QED) is 0.552. The molecule has 0 bridgehead atoms. The van der Waals surface area contributed by atoms with Crippen molar-refractivity contribution < 1.29 is 9.68 Å². The summed E-state index contributed by atoms with van der Waals surface area (Å²) in [4.78, 5) is 0. The number of hydrogen-bond acceptors (Lipinski definition) is 2. The maximum Gasteiger partial charge on any atom is 0.569 e. The van der Waals surface area contributed by atoms with Crippen LogP contribution < -0.4 is 4.65 Å². The lowest BCUT2D eigenvalue weighted by molar-refractivity contribution is 0.453. The molecular weight excluding hydrogens is 175 g/mol. The van der Waals surface area contributed by atoms with Crippen LogP contribution in [0.2, 0.25) is 0 Å². The fourth-order valence-electron chi connectivity index (χ4n) is 1.37. The Morgan fingerprint density at radius 2 is 1.93 bits per heavy atom. The Morgan fingerprint density at radius 3 is 2.50 bits per heavy atom. The van der Waals surface area contributed by atoms with Crippen LogP contribution in [0.1, 0.15) is 31.7 Å². The topological polar surface area (TPSA) is 29.5 Å². The van der Waals surface area contributed by atoms with E-state index < -0.39 is 0 Å². The zero-order valence-electron chi connectivity index (χ0n) is 8.57. The zero-order valence-corrected chi connectivity index (χ0v) is 8.57. The molecule has 1 aromatic carbocycles. The lowest BCUT2D eigenvalue weighted by atomic mass is 10.1. The summed E-state index contributed by atoms with van der Waals surface area (Å²) in [5, 5.41) is 8.42. The van der Waals surface area contributed by atoms with Crippen molar-refractivity contribution >= 4 is 7.69 Å². The van der Waals surface area contributed by atoms with Crippen LogP contribution in [-0.2, 0) is 6.42 Å². The summed E-state index contributed by atoms with van der Waals surface area (Å²) in [6, 6.07) is 7.81. The van der Waals surface area contributed by atoms with Gasteiger partial charge in [-0.15, -0.1) is 0 Å². The minimum absolute atomic E-state index is 0.673. The van der Waals surface area contributed by atoms with E-state index in [0.717, 1.165) is 6.42 Å². The van der Waals surface area contributed by atoms with Crippen LogP contribution in [0.3, 0.4) is 0 Å². The van der Waals surface area contributed by atoms with E-state index in [2.05, 4.69) is 6.92 Å². The average molecular weight is 191 g/mol. The van der Waals surface area contributed by atoms with E-state index in [0.29, 0.717) is 13.4 Å². The van der Waals surface area contributed by atoms with Crippen LogP contribution >= 0.6 is 0 Å².